The lowest BCUT2D eigenvalue weighted by molar-refractivity contribution is 0.184. The van der Waals surface area contributed by atoms with E-state index in [1.165, 1.54) is 6.26 Å². The van der Waals surface area contributed by atoms with E-state index >= 15 is 0 Å². The summed E-state index contributed by atoms with van der Waals surface area (Å²) in [6, 6.07) is 3.70. The predicted molar refractivity (Wildman–Crippen MR) is 83.8 cm³/mol. The molecule has 3 rings (SSSR count). The lowest BCUT2D eigenvalue weighted by Gasteiger charge is -2.30. The Kier molecular flexibility index (Phi) is 4.69. The van der Waals surface area contributed by atoms with E-state index < -0.39 is 10.0 Å². The molecule has 0 radical (unpaired) electrons. The van der Waals surface area contributed by atoms with Crippen molar-refractivity contribution < 1.29 is 12.8 Å². The summed E-state index contributed by atoms with van der Waals surface area (Å²) in [6.07, 6.45) is 6.11. The molecule has 0 aliphatic carbocycles. The number of likely N-dealkylation sites (tertiary alicyclic amines) is 1. The molecule has 124 valence electrons. The van der Waals surface area contributed by atoms with Crippen LogP contribution in [0.4, 0.5) is 0 Å². The highest BCUT2D eigenvalue weighted by molar-refractivity contribution is 7.88. The van der Waals surface area contributed by atoms with Crippen LogP contribution in [0.25, 0.3) is 11.5 Å². The van der Waals surface area contributed by atoms with Gasteiger partial charge in [0, 0.05) is 31.5 Å². The smallest absolute Gasteiger partial charge is 0.249 e. The van der Waals surface area contributed by atoms with E-state index in [0.29, 0.717) is 18.3 Å². The van der Waals surface area contributed by atoms with Crippen LogP contribution < -0.4 is 4.72 Å². The molecule has 0 spiro atoms. The first-order chi connectivity index (χ1) is 11.0. The fourth-order valence-electron chi connectivity index (χ4n) is 2.63. The number of aromatic nitrogens is 3. The van der Waals surface area contributed by atoms with E-state index in [0.717, 1.165) is 31.5 Å². The van der Waals surface area contributed by atoms with Gasteiger partial charge in [-0.3, -0.25) is 9.88 Å². The molecule has 0 atom stereocenters. The average molecular weight is 337 g/mol. The molecule has 0 saturated carbocycles. The monoisotopic (exact) mass is 337 g/mol. The van der Waals surface area contributed by atoms with Gasteiger partial charge in [0.05, 0.1) is 18.4 Å². The Morgan fingerprint density at radius 2 is 2.13 bits per heavy atom. The Morgan fingerprint density at radius 1 is 1.35 bits per heavy atom. The lowest BCUT2D eigenvalue weighted by atomic mass is 10.1. The van der Waals surface area contributed by atoms with Crippen molar-refractivity contribution in [1.29, 1.82) is 0 Å². The average Bonchev–Trinajstić information content (AvgIpc) is 2.97. The molecule has 0 amide bonds. The summed E-state index contributed by atoms with van der Waals surface area (Å²) >= 11 is 0. The topological polar surface area (TPSA) is 101 Å². The van der Waals surface area contributed by atoms with Gasteiger partial charge in [-0.15, -0.1) is 10.2 Å². The molecule has 0 unspecified atom stereocenters. The first-order valence-corrected chi connectivity index (χ1v) is 9.31. The summed E-state index contributed by atoms with van der Waals surface area (Å²) in [7, 11) is -3.14. The van der Waals surface area contributed by atoms with Crippen molar-refractivity contribution in [1.82, 2.24) is 24.8 Å². The molecular weight excluding hydrogens is 318 g/mol. The third-order valence-corrected chi connectivity index (χ3v) is 4.46. The maximum Gasteiger partial charge on any atom is 0.249 e. The quantitative estimate of drug-likeness (QED) is 0.854. The number of sulfonamides is 1. The van der Waals surface area contributed by atoms with Gasteiger partial charge < -0.3 is 4.42 Å². The minimum absolute atomic E-state index is 0.00916. The van der Waals surface area contributed by atoms with Crippen molar-refractivity contribution in [2.75, 3.05) is 19.3 Å². The zero-order valence-electron chi connectivity index (χ0n) is 12.8. The van der Waals surface area contributed by atoms with E-state index in [4.69, 9.17) is 4.42 Å². The Balaban J connectivity index is 1.54. The SMILES string of the molecule is CS(=O)(=O)NC1CCN(Cc2nnc(-c3cccnc3)o2)CC1. The van der Waals surface area contributed by atoms with Crippen LogP contribution in [0.3, 0.4) is 0 Å². The second-order valence-corrected chi connectivity index (χ2v) is 7.46. The molecule has 1 aliphatic heterocycles. The Labute approximate surface area is 135 Å². The fourth-order valence-corrected chi connectivity index (χ4v) is 3.47. The number of hydrogen-bond donors (Lipinski definition) is 1. The third-order valence-electron chi connectivity index (χ3n) is 3.70. The highest BCUT2D eigenvalue weighted by Gasteiger charge is 2.23. The minimum atomic E-state index is -3.14. The number of nitrogens with zero attached hydrogens (tertiary/aromatic N) is 4. The summed E-state index contributed by atoms with van der Waals surface area (Å²) in [6.45, 7) is 2.15. The molecule has 23 heavy (non-hydrogen) atoms. The molecule has 1 fully saturated rings. The van der Waals surface area contributed by atoms with Crippen LogP contribution in [0.2, 0.25) is 0 Å². The van der Waals surface area contributed by atoms with E-state index in [-0.39, 0.29) is 6.04 Å². The van der Waals surface area contributed by atoms with Gasteiger partial charge in [0.1, 0.15) is 0 Å². The predicted octanol–water partition coefficient (Wildman–Crippen LogP) is 0.645. The van der Waals surface area contributed by atoms with Crippen LogP contribution in [0.15, 0.2) is 28.9 Å². The van der Waals surface area contributed by atoms with Crippen molar-refractivity contribution in [2.45, 2.75) is 25.4 Å². The molecule has 3 heterocycles. The van der Waals surface area contributed by atoms with Gasteiger partial charge in [0.15, 0.2) is 0 Å². The number of piperidine rings is 1. The molecular formula is C14H19N5O3S. The summed E-state index contributed by atoms with van der Waals surface area (Å²) in [5, 5.41) is 8.11. The zero-order valence-corrected chi connectivity index (χ0v) is 13.7. The highest BCUT2D eigenvalue weighted by atomic mass is 32.2. The van der Waals surface area contributed by atoms with E-state index in [1.54, 1.807) is 12.4 Å². The van der Waals surface area contributed by atoms with Crippen LogP contribution in [-0.4, -0.2) is 53.9 Å². The van der Waals surface area contributed by atoms with Gasteiger partial charge in [-0.05, 0) is 25.0 Å². The van der Waals surface area contributed by atoms with Crippen molar-refractivity contribution in [3.05, 3.63) is 30.4 Å². The Morgan fingerprint density at radius 3 is 2.78 bits per heavy atom. The fraction of sp³-hybridized carbons (Fsp3) is 0.500. The van der Waals surface area contributed by atoms with Crippen LogP contribution >= 0.6 is 0 Å². The maximum absolute atomic E-state index is 11.2. The number of nitrogens with one attached hydrogen (secondary N) is 1. The van der Waals surface area contributed by atoms with Crippen LogP contribution in [0.5, 0.6) is 0 Å². The van der Waals surface area contributed by atoms with Crippen molar-refractivity contribution >= 4 is 10.0 Å². The van der Waals surface area contributed by atoms with E-state index in [2.05, 4.69) is 24.8 Å². The number of pyridine rings is 1. The molecule has 0 aromatic carbocycles. The van der Waals surface area contributed by atoms with Gasteiger partial charge in [0.2, 0.25) is 21.8 Å². The highest BCUT2D eigenvalue weighted by Crippen LogP contribution is 2.18. The second kappa shape index (κ2) is 6.73. The number of rotatable bonds is 5. The molecule has 9 heteroatoms. The van der Waals surface area contributed by atoms with E-state index in [1.807, 2.05) is 12.1 Å². The summed E-state index contributed by atoms with van der Waals surface area (Å²) < 4.78 is 30.8. The molecule has 0 bridgehead atoms. The van der Waals surface area contributed by atoms with Crippen molar-refractivity contribution in [3.63, 3.8) is 0 Å². The first-order valence-electron chi connectivity index (χ1n) is 7.42. The van der Waals surface area contributed by atoms with Crippen molar-refractivity contribution in [2.24, 2.45) is 0 Å². The van der Waals surface area contributed by atoms with Crippen LogP contribution in [-0.2, 0) is 16.6 Å². The molecule has 1 saturated heterocycles. The van der Waals surface area contributed by atoms with Crippen molar-refractivity contribution in [3.8, 4) is 11.5 Å². The standard InChI is InChI=1S/C14H19N5O3S/c1-23(20,21)18-12-4-7-19(8-5-12)10-13-16-17-14(22-13)11-3-2-6-15-9-11/h2-3,6,9,12,18H,4-5,7-8,10H2,1H3. The molecule has 8 nitrogen and oxygen atoms in total. The summed E-state index contributed by atoms with van der Waals surface area (Å²) in [4.78, 5) is 6.21. The summed E-state index contributed by atoms with van der Waals surface area (Å²) in [5.41, 5.74) is 0.794. The van der Waals surface area contributed by atoms with Crippen LogP contribution in [0.1, 0.15) is 18.7 Å². The second-order valence-electron chi connectivity index (χ2n) is 5.68. The molecule has 1 aliphatic rings. The first kappa shape index (κ1) is 16.0. The van der Waals surface area contributed by atoms with Gasteiger partial charge in [0.25, 0.3) is 0 Å². The summed E-state index contributed by atoms with van der Waals surface area (Å²) in [5.74, 6) is 1.01. The van der Waals surface area contributed by atoms with E-state index in [9.17, 15) is 8.42 Å². The number of hydrogen-bond acceptors (Lipinski definition) is 7. The van der Waals surface area contributed by atoms with Gasteiger partial charge in [-0.25, -0.2) is 13.1 Å². The minimum Gasteiger partial charge on any atom is -0.419 e. The van der Waals surface area contributed by atoms with Gasteiger partial charge in [-0.2, -0.15) is 0 Å². The Hall–Kier alpha value is -1.84. The lowest BCUT2D eigenvalue weighted by Crippen LogP contribution is -2.43. The molecule has 2 aromatic heterocycles. The largest absolute Gasteiger partial charge is 0.419 e. The normalized spacial score (nSPS) is 17.4. The third kappa shape index (κ3) is 4.57. The Bertz CT molecular complexity index is 739. The molecule has 1 N–H and O–H groups in total. The zero-order chi connectivity index (χ0) is 16.3. The van der Waals surface area contributed by atoms with Gasteiger partial charge >= 0.3 is 0 Å². The van der Waals surface area contributed by atoms with Crippen LogP contribution in [0, 0.1) is 0 Å². The maximum atomic E-state index is 11.2. The molecule has 2 aromatic rings. The van der Waals surface area contributed by atoms with Gasteiger partial charge in [-0.1, -0.05) is 0 Å².